The van der Waals surface area contributed by atoms with E-state index >= 15 is 0 Å². The lowest BCUT2D eigenvalue weighted by Gasteiger charge is -1.97. The zero-order valence-corrected chi connectivity index (χ0v) is 9.01. The van der Waals surface area contributed by atoms with Crippen LogP contribution in [0.2, 0.25) is 0 Å². The highest BCUT2D eigenvalue weighted by atomic mass is 14.8. The maximum absolute atomic E-state index is 4.42. The molecule has 0 unspecified atom stereocenters. The highest BCUT2D eigenvalue weighted by molar-refractivity contribution is 6.14. The molecule has 0 saturated carbocycles. The fraction of sp³-hybridized carbons (Fsp3) is 0. The van der Waals surface area contributed by atoms with Gasteiger partial charge in [-0.25, -0.2) is 0 Å². The minimum absolute atomic E-state index is 1.01. The first-order valence-electron chi connectivity index (χ1n) is 5.53. The Balaban J connectivity index is 2.34. The second kappa shape index (κ2) is 3.04. The lowest BCUT2D eigenvalue weighted by Crippen LogP contribution is -1.78. The number of rotatable bonds is 0. The van der Waals surface area contributed by atoms with E-state index in [1.54, 1.807) is 0 Å². The Labute approximate surface area is 97.1 Å². The number of pyridine rings is 2. The Kier molecular flexibility index (Phi) is 1.56. The van der Waals surface area contributed by atoms with E-state index in [-0.39, 0.29) is 0 Å². The second-order valence-corrected chi connectivity index (χ2v) is 4.08. The van der Waals surface area contributed by atoms with Gasteiger partial charge in [-0.2, -0.15) is 0 Å². The van der Waals surface area contributed by atoms with Crippen LogP contribution >= 0.6 is 0 Å². The summed E-state index contributed by atoms with van der Waals surface area (Å²) in [4.78, 5) is 12.2. The molecule has 3 heteroatoms. The van der Waals surface area contributed by atoms with E-state index in [1.165, 1.54) is 0 Å². The van der Waals surface area contributed by atoms with Crippen LogP contribution in [0.4, 0.5) is 0 Å². The SMILES string of the molecule is c1cnc2c(c1)[nH]c1c3cccnc3ccc21. The van der Waals surface area contributed by atoms with Crippen molar-refractivity contribution in [1.29, 1.82) is 0 Å². The fourth-order valence-corrected chi connectivity index (χ4v) is 2.34. The number of aromatic nitrogens is 3. The standard InChI is InChI=1S/C14H9N3/c1-3-9-11(15-7-1)6-5-10-13(9)17-12-4-2-8-16-14(10)12/h1-8,17H. The Bertz CT molecular complexity index is 846. The van der Waals surface area contributed by atoms with E-state index in [2.05, 4.69) is 27.1 Å². The first-order chi connectivity index (χ1) is 8.43. The molecule has 3 nitrogen and oxygen atoms in total. The van der Waals surface area contributed by atoms with E-state index in [0.29, 0.717) is 0 Å². The molecule has 3 aromatic heterocycles. The molecule has 0 aliphatic rings. The van der Waals surface area contributed by atoms with Crippen molar-refractivity contribution in [1.82, 2.24) is 15.0 Å². The molecule has 1 aromatic carbocycles. The van der Waals surface area contributed by atoms with E-state index in [4.69, 9.17) is 0 Å². The van der Waals surface area contributed by atoms with Crippen molar-refractivity contribution in [2.75, 3.05) is 0 Å². The Hall–Kier alpha value is -2.42. The molecule has 1 N–H and O–H groups in total. The van der Waals surface area contributed by atoms with E-state index in [1.807, 2.05) is 36.7 Å². The van der Waals surface area contributed by atoms with Gasteiger partial charge in [0.25, 0.3) is 0 Å². The predicted octanol–water partition coefficient (Wildman–Crippen LogP) is 3.26. The van der Waals surface area contributed by atoms with Crippen molar-refractivity contribution in [3.05, 3.63) is 48.8 Å². The monoisotopic (exact) mass is 219 g/mol. The van der Waals surface area contributed by atoms with Crippen LogP contribution in [0.5, 0.6) is 0 Å². The minimum Gasteiger partial charge on any atom is -0.353 e. The predicted molar refractivity (Wildman–Crippen MR) is 68.9 cm³/mol. The van der Waals surface area contributed by atoms with Gasteiger partial charge < -0.3 is 4.98 Å². The molecule has 4 aromatic rings. The molecule has 3 heterocycles. The highest BCUT2D eigenvalue weighted by Gasteiger charge is 2.07. The van der Waals surface area contributed by atoms with Crippen molar-refractivity contribution in [3.8, 4) is 0 Å². The van der Waals surface area contributed by atoms with Crippen molar-refractivity contribution in [2.24, 2.45) is 0 Å². The molecule has 0 aliphatic heterocycles. The van der Waals surface area contributed by atoms with Crippen molar-refractivity contribution in [2.45, 2.75) is 0 Å². The summed E-state index contributed by atoms with van der Waals surface area (Å²) in [5, 5.41) is 2.30. The molecule has 0 bridgehead atoms. The first-order valence-corrected chi connectivity index (χ1v) is 5.53. The van der Waals surface area contributed by atoms with Crippen LogP contribution in [0, 0.1) is 0 Å². The molecule has 80 valence electrons. The van der Waals surface area contributed by atoms with Crippen LogP contribution < -0.4 is 0 Å². The zero-order valence-electron chi connectivity index (χ0n) is 9.01. The summed E-state index contributed by atoms with van der Waals surface area (Å²) in [5.74, 6) is 0. The zero-order chi connectivity index (χ0) is 11.2. The number of hydrogen-bond acceptors (Lipinski definition) is 2. The van der Waals surface area contributed by atoms with Gasteiger partial charge in [0.05, 0.1) is 22.1 Å². The van der Waals surface area contributed by atoms with Crippen LogP contribution in [0.3, 0.4) is 0 Å². The quantitative estimate of drug-likeness (QED) is 0.493. The van der Waals surface area contributed by atoms with Crippen molar-refractivity contribution in [3.63, 3.8) is 0 Å². The van der Waals surface area contributed by atoms with E-state index in [0.717, 1.165) is 32.8 Å². The normalized spacial score (nSPS) is 11.5. The van der Waals surface area contributed by atoms with Gasteiger partial charge in [0.15, 0.2) is 0 Å². The van der Waals surface area contributed by atoms with Gasteiger partial charge in [-0.15, -0.1) is 0 Å². The van der Waals surface area contributed by atoms with Crippen molar-refractivity contribution >= 4 is 32.8 Å². The number of benzene rings is 1. The molecule has 0 atom stereocenters. The Morgan fingerprint density at radius 1 is 0.824 bits per heavy atom. The first kappa shape index (κ1) is 8.70. The van der Waals surface area contributed by atoms with Crippen LogP contribution in [-0.4, -0.2) is 15.0 Å². The largest absolute Gasteiger partial charge is 0.353 e. The maximum atomic E-state index is 4.42. The summed E-state index contributed by atoms with van der Waals surface area (Å²) in [6.45, 7) is 0. The Morgan fingerprint density at radius 2 is 1.71 bits per heavy atom. The molecule has 0 aliphatic carbocycles. The third kappa shape index (κ3) is 1.11. The summed E-state index contributed by atoms with van der Waals surface area (Å²) < 4.78 is 0. The van der Waals surface area contributed by atoms with Crippen LogP contribution in [0.15, 0.2) is 48.8 Å². The molecular formula is C14H9N3. The fourth-order valence-electron chi connectivity index (χ4n) is 2.34. The van der Waals surface area contributed by atoms with E-state index < -0.39 is 0 Å². The third-order valence-electron chi connectivity index (χ3n) is 3.11. The number of hydrogen-bond donors (Lipinski definition) is 1. The van der Waals surface area contributed by atoms with Gasteiger partial charge in [-0.05, 0) is 36.4 Å². The van der Waals surface area contributed by atoms with Gasteiger partial charge in [0.1, 0.15) is 0 Å². The summed E-state index contributed by atoms with van der Waals surface area (Å²) in [5.41, 5.74) is 4.21. The maximum Gasteiger partial charge on any atom is 0.0957 e. The summed E-state index contributed by atoms with van der Waals surface area (Å²) in [6, 6.07) is 12.2. The number of fused-ring (bicyclic) bond motifs is 5. The van der Waals surface area contributed by atoms with Crippen LogP contribution in [0.25, 0.3) is 32.8 Å². The topological polar surface area (TPSA) is 41.6 Å². The van der Waals surface area contributed by atoms with Crippen molar-refractivity contribution < 1.29 is 0 Å². The molecule has 0 radical (unpaired) electrons. The number of nitrogens with zero attached hydrogens (tertiary/aromatic N) is 2. The molecular weight excluding hydrogens is 210 g/mol. The van der Waals surface area contributed by atoms with Gasteiger partial charge in [-0.1, -0.05) is 0 Å². The smallest absolute Gasteiger partial charge is 0.0957 e. The molecule has 0 fully saturated rings. The molecule has 0 amide bonds. The molecule has 4 rings (SSSR count). The average molecular weight is 219 g/mol. The van der Waals surface area contributed by atoms with Crippen LogP contribution in [-0.2, 0) is 0 Å². The lowest BCUT2D eigenvalue weighted by atomic mass is 10.1. The lowest BCUT2D eigenvalue weighted by molar-refractivity contribution is 1.41. The average Bonchev–Trinajstić information content (AvgIpc) is 2.78. The molecule has 0 saturated heterocycles. The van der Waals surface area contributed by atoms with Gasteiger partial charge in [-0.3, -0.25) is 9.97 Å². The second-order valence-electron chi connectivity index (χ2n) is 4.08. The number of nitrogens with one attached hydrogen (secondary N) is 1. The summed E-state index contributed by atoms with van der Waals surface area (Å²) in [6.07, 6.45) is 3.64. The molecule has 0 spiro atoms. The summed E-state index contributed by atoms with van der Waals surface area (Å²) in [7, 11) is 0. The highest BCUT2D eigenvalue weighted by Crippen LogP contribution is 2.28. The third-order valence-corrected chi connectivity index (χ3v) is 3.11. The van der Waals surface area contributed by atoms with Gasteiger partial charge >= 0.3 is 0 Å². The van der Waals surface area contributed by atoms with E-state index in [9.17, 15) is 0 Å². The number of aromatic amines is 1. The Morgan fingerprint density at radius 3 is 2.71 bits per heavy atom. The summed E-state index contributed by atoms with van der Waals surface area (Å²) >= 11 is 0. The van der Waals surface area contributed by atoms with Gasteiger partial charge in [0.2, 0.25) is 0 Å². The minimum atomic E-state index is 1.01. The number of H-pyrrole nitrogens is 1. The van der Waals surface area contributed by atoms with Gasteiger partial charge in [0, 0.05) is 23.2 Å². The van der Waals surface area contributed by atoms with Crippen LogP contribution in [0.1, 0.15) is 0 Å². The molecule has 17 heavy (non-hydrogen) atoms.